The van der Waals surface area contributed by atoms with Crippen LogP contribution in [-0.4, -0.2) is 27.7 Å². The van der Waals surface area contributed by atoms with Crippen molar-refractivity contribution in [2.45, 2.75) is 95.7 Å². The molecule has 0 amide bonds. The van der Waals surface area contributed by atoms with Crippen molar-refractivity contribution in [1.29, 1.82) is 0 Å². The van der Waals surface area contributed by atoms with Crippen molar-refractivity contribution in [3.05, 3.63) is 36.0 Å². The summed E-state index contributed by atoms with van der Waals surface area (Å²) < 4.78 is 6.29. The van der Waals surface area contributed by atoms with Crippen molar-refractivity contribution in [2.75, 3.05) is 0 Å². The fourth-order valence-corrected chi connectivity index (χ4v) is 6.22. The molecule has 1 aromatic carbocycles. The average Bonchev–Trinajstić information content (AvgIpc) is 2.84. The summed E-state index contributed by atoms with van der Waals surface area (Å²) in [4.78, 5) is 16.5. The number of fused-ring (bicyclic) bond motifs is 4. The van der Waals surface area contributed by atoms with E-state index in [1.807, 2.05) is 0 Å². The molecule has 0 saturated heterocycles. The Balaban J connectivity index is 1.19. The van der Waals surface area contributed by atoms with Crippen molar-refractivity contribution < 1.29 is 14.6 Å². The van der Waals surface area contributed by atoms with Crippen LogP contribution < -0.4 is 10.1 Å². The molecule has 4 aliphatic rings. The zero-order valence-electron chi connectivity index (χ0n) is 19.2. The lowest BCUT2D eigenvalue weighted by Gasteiger charge is -2.51. The molecule has 4 aliphatic carbocycles. The third-order valence-corrected chi connectivity index (χ3v) is 8.74. The molecule has 172 valence electrons. The summed E-state index contributed by atoms with van der Waals surface area (Å²) in [5.41, 5.74) is 1.67. The number of aromatic nitrogens is 1. The number of pyridine rings is 1. The number of hydrogen-bond donors (Lipinski definition) is 2. The van der Waals surface area contributed by atoms with Gasteiger partial charge in [-0.15, -0.1) is 0 Å². The molecule has 2 N–H and O–H groups in total. The lowest BCUT2D eigenvalue weighted by atomic mass is 9.57. The number of nitrogens with one attached hydrogen (secondary N) is 1. The van der Waals surface area contributed by atoms with Gasteiger partial charge in [0, 0.05) is 17.5 Å². The Bertz CT molecular complexity index is 955. The van der Waals surface area contributed by atoms with Crippen LogP contribution in [0.5, 0.6) is 5.75 Å². The standard InChI is InChI=1S/C27H36N2O3/c1-2-19-3-7-22(8-4-19)32-23-9-10-24-20(17-23)5-6-21(29-24)18-28-27-14-11-26(12-15-27,13-16-27)25(30)31/h5-6,9-10,17,19,22,28H,2-4,7-8,11-16,18H2,1H3,(H,30,31)/t19-,22-,26?,27?. The van der Waals surface area contributed by atoms with Gasteiger partial charge in [0.2, 0.25) is 0 Å². The first-order chi connectivity index (χ1) is 15.5. The molecule has 6 rings (SSSR count). The number of carbonyl (C=O) groups is 1. The monoisotopic (exact) mass is 436 g/mol. The number of aliphatic carboxylic acids is 1. The lowest BCUT2D eigenvalue weighted by Crippen LogP contribution is -2.56. The van der Waals surface area contributed by atoms with E-state index in [-0.39, 0.29) is 5.54 Å². The SMILES string of the molecule is CC[C@H]1CC[C@H](Oc2ccc3nc(CNC45CCC(C(=O)O)(CC4)CC5)ccc3c2)CC1. The molecule has 1 aromatic heterocycles. The van der Waals surface area contributed by atoms with Gasteiger partial charge in [-0.05, 0) is 94.4 Å². The van der Waals surface area contributed by atoms with Crippen LogP contribution in [0.1, 0.15) is 83.2 Å². The zero-order chi connectivity index (χ0) is 22.2. The molecule has 0 unspecified atom stereocenters. The maximum atomic E-state index is 11.7. The molecule has 0 atom stereocenters. The van der Waals surface area contributed by atoms with Gasteiger partial charge < -0.3 is 15.2 Å². The van der Waals surface area contributed by atoms with Gasteiger partial charge in [0.25, 0.3) is 0 Å². The normalized spacial score (nSPS) is 32.2. The molecular weight excluding hydrogens is 400 g/mol. The predicted molar refractivity (Wildman–Crippen MR) is 126 cm³/mol. The first-order valence-corrected chi connectivity index (χ1v) is 12.5. The summed E-state index contributed by atoms with van der Waals surface area (Å²) in [6, 6.07) is 10.5. The maximum Gasteiger partial charge on any atom is 0.309 e. The summed E-state index contributed by atoms with van der Waals surface area (Å²) >= 11 is 0. The highest BCUT2D eigenvalue weighted by atomic mass is 16.5. The van der Waals surface area contributed by atoms with Gasteiger partial charge >= 0.3 is 5.97 Å². The largest absolute Gasteiger partial charge is 0.490 e. The fourth-order valence-electron chi connectivity index (χ4n) is 6.22. The number of carboxylic acid groups (broad SMARTS) is 1. The molecule has 2 aromatic rings. The molecule has 4 fully saturated rings. The van der Waals surface area contributed by atoms with Crippen LogP contribution in [0.25, 0.3) is 10.9 Å². The second-order valence-electron chi connectivity index (χ2n) is 10.5. The van der Waals surface area contributed by atoms with Gasteiger partial charge in [0.1, 0.15) is 5.75 Å². The minimum atomic E-state index is -0.598. The molecule has 0 radical (unpaired) electrons. The molecule has 0 spiro atoms. The molecule has 2 bridgehead atoms. The Hall–Kier alpha value is -2.14. The van der Waals surface area contributed by atoms with Crippen molar-refractivity contribution in [3.63, 3.8) is 0 Å². The fraction of sp³-hybridized carbons (Fsp3) is 0.630. The second-order valence-corrected chi connectivity index (χ2v) is 10.5. The van der Waals surface area contributed by atoms with Crippen LogP contribution in [0.4, 0.5) is 0 Å². The van der Waals surface area contributed by atoms with Crippen LogP contribution in [0.2, 0.25) is 0 Å². The zero-order valence-corrected chi connectivity index (χ0v) is 19.2. The third kappa shape index (κ3) is 4.24. The molecule has 5 heteroatoms. The molecule has 0 aliphatic heterocycles. The summed E-state index contributed by atoms with van der Waals surface area (Å²) in [5, 5.41) is 14.5. The summed E-state index contributed by atoms with van der Waals surface area (Å²) in [7, 11) is 0. The summed E-state index contributed by atoms with van der Waals surface area (Å²) in [5.74, 6) is 1.23. The highest BCUT2D eigenvalue weighted by molar-refractivity contribution is 5.80. The summed E-state index contributed by atoms with van der Waals surface area (Å²) in [6.45, 7) is 3.02. The Labute approximate surface area is 191 Å². The van der Waals surface area contributed by atoms with Crippen molar-refractivity contribution >= 4 is 16.9 Å². The number of nitrogens with zero attached hydrogens (tertiary/aromatic N) is 1. The van der Waals surface area contributed by atoms with Crippen molar-refractivity contribution in [3.8, 4) is 5.75 Å². The minimum Gasteiger partial charge on any atom is -0.490 e. The van der Waals surface area contributed by atoms with E-state index >= 15 is 0 Å². The number of hydrogen-bond acceptors (Lipinski definition) is 4. The molecule has 4 saturated carbocycles. The Morgan fingerprint density at radius 2 is 1.78 bits per heavy atom. The molecule has 1 heterocycles. The second kappa shape index (κ2) is 8.66. The van der Waals surface area contributed by atoms with Crippen molar-refractivity contribution in [2.24, 2.45) is 11.3 Å². The van der Waals surface area contributed by atoms with Crippen LogP contribution in [0.15, 0.2) is 30.3 Å². The Morgan fingerprint density at radius 3 is 2.44 bits per heavy atom. The number of carboxylic acids is 1. The smallest absolute Gasteiger partial charge is 0.309 e. The number of rotatable bonds is 7. The van der Waals surface area contributed by atoms with Gasteiger partial charge in [-0.3, -0.25) is 9.78 Å². The quantitative estimate of drug-likeness (QED) is 0.570. The first-order valence-electron chi connectivity index (χ1n) is 12.5. The molecular formula is C27H36N2O3. The highest BCUT2D eigenvalue weighted by Gasteiger charge is 2.52. The predicted octanol–water partition coefficient (Wildman–Crippen LogP) is 5.85. The van der Waals surface area contributed by atoms with Crippen LogP contribution in [0, 0.1) is 11.3 Å². The van der Waals surface area contributed by atoms with Crippen LogP contribution in [-0.2, 0) is 11.3 Å². The van der Waals surface area contributed by atoms with E-state index in [4.69, 9.17) is 9.72 Å². The van der Waals surface area contributed by atoms with E-state index in [0.29, 0.717) is 6.10 Å². The van der Waals surface area contributed by atoms with E-state index in [0.717, 1.165) is 86.2 Å². The van der Waals surface area contributed by atoms with Crippen molar-refractivity contribution in [1.82, 2.24) is 10.3 Å². The Morgan fingerprint density at radius 1 is 1.06 bits per heavy atom. The van der Waals surface area contributed by atoms with E-state index in [1.165, 1.54) is 19.3 Å². The van der Waals surface area contributed by atoms with Gasteiger partial charge in [0.15, 0.2) is 0 Å². The highest BCUT2D eigenvalue weighted by Crippen LogP contribution is 2.52. The minimum absolute atomic E-state index is 0.0856. The molecule has 5 nitrogen and oxygen atoms in total. The lowest BCUT2D eigenvalue weighted by molar-refractivity contribution is -0.156. The first kappa shape index (κ1) is 21.7. The van der Waals surface area contributed by atoms with E-state index in [2.05, 4.69) is 42.6 Å². The van der Waals surface area contributed by atoms with Gasteiger partial charge in [-0.1, -0.05) is 19.4 Å². The van der Waals surface area contributed by atoms with Gasteiger partial charge in [0.05, 0.1) is 22.7 Å². The topological polar surface area (TPSA) is 71.5 Å². The average molecular weight is 437 g/mol. The maximum absolute atomic E-state index is 11.7. The number of benzene rings is 1. The van der Waals surface area contributed by atoms with Gasteiger partial charge in [-0.25, -0.2) is 0 Å². The third-order valence-electron chi connectivity index (χ3n) is 8.74. The number of ether oxygens (including phenoxy) is 1. The van der Waals surface area contributed by atoms with E-state index in [1.54, 1.807) is 0 Å². The van der Waals surface area contributed by atoms with Gasteiger partial charge in [-0.2, -0.15) is 0 Å². The molecule has 32 heavy (non-hydrogen) atoms. The van der Waals surface area contributed by atoms with Crippen LogP contribution in [0.3, 0.4) is 0 Å². The summed E-state index contributed by atoms with van der Waals surface area (Å²) in [6.07, 6.45) is 11.8. The van der Waals surface area contributed by atoms with Crippen LogP contribution >= 0.6 is 0 Å². The Kier molecular flexibility index (Phi) is 5.87. The van der Waals surface area contributed by atoms with E-state index < -0.39 is 11.4 Å². The van der Waals surface area contributed by atoms with E-state index in [9.17, 15) is 9.90 Å².